The fourth-order valence-electron chi connectivity index (χ4n) is 3.30. The molecule has 0 aliphatic rings. The van der Waals surface area contributed by atoms with E-state index in [9.17, 15) is 4.79 Å². The van der Waals surface area contributed by atoms with E-state index in [0.29, 0.717) is 12.1 Å². The fraction of sp³-hybridized carbons (Fsp3) is 0.304. The monoisotopic (exact) mass is 376 g/mol. The van der Waals surface area contributed by atoms with Crippen molar-refractivity contribution in [2.75, 3.05) is 18.0 Å². The lowest BCUT2D eigenvalue weighted by molar-refractivity contribution is 0.0951. The second-order valence-corrected chi connectivity index (χ2v) is 6.82. The van der Waals surface area contributed by atoms with E-state index in [1.807, 2.05) is 55.7 Å². The molecule has 0 aliphatic carbocycles. The maximum atomic E-state index is 12.5. The van der Waals surface area contributed by atoms with Crippen LogP contribution in [0.3, 0.4) is 0 Å². The van der Waals surface area contributed by atoms with Gasteiger partial charge in [0.25, 0.3) is 5.91 Å². The first-order valence-corrected chi connectivity index (χ1v) is 9.79. The van der Waals surface area contributed by atoms with E-state index in [4.69, 9.17) is 0 Å². The van der Waals surface area contributed by atoms with Crippen LogP contribution in [0.4, 0.5) is 5.69 Å². The van der Waals surface area contributed by atoms with Gasteiger partial charge in [-0.25, -0.2) is 4.98 Å². The van der Waals surface area contributed by atoms with Crippen LogP contribution in [0.25, 0.3) is 0 Å². The molecule has 0 saturated heterocycles. The van der Waals surface area contributed by atoms with Crippen molar-refractivity contribution in [3.05, 3.63) is 83.4 Å². The molecule has 1 heterocycles. The average Bonchev–Trinajstić information content (AvgIpc) is 3.12. The fourth-order valence-corrected chi connectivity index (χ4v) is 3.30. The Morgan fingerprint density at radius 3 is 2.43 bits per heavy atom. The number of imidazole rings is 1. The van der Waals surface area contributed by atoms with Gasteiger partial charge in [-0.15, -0.1) is 0 Å². The molecule has 0 saturated carbocycles. The summed E-state index contributed by atoms with van der Waals surface area (Å²) in [5.41, 5.74) is 4.10. The first kappa shape index (κ1) is 19.7. The molecule has 3 rings (SSSR count). The van der Waals surface area contributed by atoms with Gasteiger partial charge in [0, 0.05) is 49.8 Å². The standard InChI is InChI=1S/C23H28N4O/c1-4-26(5-2)22-11-9-21(10-12-22)23(28)25-16-19-7-6-8-20(15-19)17-27-14-13-24-18(27)3/h6-15H,4-5,16-17H2,1-3H3,(H,25,28). The third kappa shape index (κ3) is 4.80. The van der Waals surface area contributed by atoms with E-state index in [2.05, 4.69) is 45.7 Å². The van der Waals surface area contributed by atoms with Crippen molar-refractivity contribution in [1.82, 2.24) is 14.9 Å². The molecule has 0 unspecified atom stereocenters. The van der Waals surface area contributed by atoms with Crippen LogP contribution in [0.5, 0.6) is 0 Å². The Labute approximate surface area is 167 Å². The van der Waals surface area contributed by atoms with E-state index >= 15 is 0 Å². The molecule has 3 aromatic rings. The Hall–Kier alpha value is -3.08. The number of benzene rings is 2. The second-order valence-electron chi connectivity index (χ2n) is 6.82. The first-order valence-electron chi connectivity index (χ1n) is 9.79. The highest BCUT2D eigenvalue weighted by Crippen LogP contribution is 2.15. The van der Waals surface area contributed by atoms with Crippen LogP contribution in [0.1, 0.15) is 41.2 Å². The highest BCUT2D eigenvalue weighted by atomic mass is 16.1. The van der Waals surface area contributed by atoms with Crippen LogP contribution in [0.2, 0.25) is 0 Å². The molecular formula is C23H28N4O. The smallest absolute Gasteiger partial charge is 0.251 e. The van der Waals surface area contributed by atoms with Crippen molar-refractivity contribution in [3.63, 3.8) is 0 Å². The zero-order chi connectivity index (χ0) is 19.9. The van der Waals surface area contributed by atoms with Gasteiger partial charge < -0.3 is 14.8 Å². The quantitative estimate of drug-likeness (QED) is 0.646. The van der Waals surface area contributed by atoms with Crippen molar-refractivity contribution in [3.8, 4) is 0 Å². The molecule has 0 fully saturated rings. The van der Waals surface area contributed by atoms with Gasteiger partial charge in [-0.2, -0.15) is 0 Å². The molecule has 0 spiro atoms. The summed E-state index contributed by atoms with van der Waals surface area (Å²) in [5.74, 6) is 0.939. The predicted octanol–water partition coefficient (Wildman–Crippen LogP) is 4.02. The van der Waals surface area contributed by atoms with E-state index in [1.165, 1.54) is 5.56 Å². The number of anilines is 1. The van der Waals surface area contributed by atoms with E-state index in [-0.39, 0.29) is 5.91 Å². The van der Waals surface area contributed by atoms with Gasteiger partial charge >= 0.3 is 0 Å². The highest BCUT2D eigenvalue weighted by Gasteiger charge is 2.08. The van der Waals surface area contributed by atoms with Crippen LogP contribution < -0.4 is 10.2 Å². The van der Waals surface area contributed by atoms with E-state index < -0.39 is 0 Å². The highest BCUT2D eigenvalue weighted by molar-refractivity contribution is 5.94. The number of carbonyl (C=O) groups excluding carboxylic acids is 1. The Balaban J connectivity index is 1.60. The third-order valence-electron chi connectivity index (χ3n) is 4.98. The van der Waals surface area contributed by atoms with Gasteiger partial charge in [0.15, 0.2) is 0 Å². The SMILES string of the molecule is CCN(CC)c1ccc(C(=O)NCc2cccc(Cn3ccnc3C)c2)cc1. The molecule has 5 heteroatoms. The van der Waals surface area contributed by atoms with E-state index in [0.717, 1.165) is 36.7 Å². The average molecular weight is 377 g/mol. The molecule has 146 valence electrons. The topological polar surface area (TPSA) is 50.2 Å². The summed E-state index contributed by atoms with van der Waals surface area (Å²) in [6.45, 7) is 9.45. The molecule has 0 radical (unpaired) electrons. The Bertz CT molecular complexity index is 910. The summed E-state index contributed by atoms with van der Waals surface area (Å²) in [5, 5.41) is 3.02. The van der Waals surface area contributed by atoms with Crippen molar-refractivity contribution in [2.24, 2.45) is 0 Å². The lowest BCUT2D eigenvalue weighted by Crippen LogP contribution is -2.24. The van der Waals surface area contributed by atoms with E-state index in [1.54, 1.807) is 0 Å². The number of aromatic nitrogens is 2. The molecule has 1 N–H and O–H groups in total. The predicted molar refractivity (Wildman–Crippen MR) is 114 cm³/mol. The summed E-state index contributed by atoms with van der Waals surface area (Å²) >= 11 is 0. The first-order chi connectivity index (χ1) is 13.6. The van der Waals surface area contributed by atoms with Gasteiger partial charge in [0.1, 0.15) is 5.82 Å². The molecule has 1 amide bonds. The number of hydrogen-bond acceptors (Lipinski definition) is 3. The Morgan fingerprint density at radius 1 is 1.07 bits per heavy atom. The maximum absolute atomic E-state index is 12.5. The van der Waals surface area contributed by atoms with Crippen molar-refractivity contribution >= 4 is 11.6 Å². The molecular weight excluding hydrogens is 348 g/mol. The normalized spacial score (nSPS) is 10.7. The molecule has 5 nitrogen and oxygen atoms in total. The zero-order valence-corrected chi connectivity index (χ0v) is 16.9. The van der Waals surface area contributed by atoms with Crippen LogP contribution in [-0.2, 0) is 13.1 Å². The summed E-state index contributed by atoms with van der Waals surface area (Å²) in [7, 11) is 0. The van der Waals surface area contributed by atoms with Crippen LogP contribution in [0.15, 0.2) is 60.9 Å². The van der Waals surface area contributed by atoms with Crippen molar-refractivity contribution in [2.45, 2.75) is 33.9 Å². The van der Waals surface area contributed by atoms with Crippen LogP contribution in [0, 0.1) is 6.92 Å². The third-order valence-corrected chi connectivity index (χ3v) is 4.98. The minimum Gasteiger partial charge on any atom is -0.372 e. The molecule has 0 atom stereocenters. The van der Waals surface area contributed by atoms with Gasteiger partial charge in [0.2, 0.25) is 0 Å². The largest absolute Gasteiger partial charge is 0.372 e. The number of amides is 1. The van der Waals surface area contributed by atoms with Gasteiger partial charge in [-0.3, -0.25) is 4.79 Å². The number of rotatable bonds is 8. The van der Waals surface area contributed by atoms with Gasteiger partial charge in [-0.05, 0) is 56.2 Å². The number of hydrogen-bond donors (Lipinski definition) is 1. The van der Waals surface area contributed by atoms with Gasteiger partial charge in [-0.1, -0.05) is 24.3 Å². The number of nitrogens with zero attached hydrogens (tertiary/aromatic N) is 3. The summed E-state index contributed by atoms with van der Waals surface area (Å²) in [4.78, 5) is 19.0. The number of aryl methyl sites for hydroxylation is 1. The number of nitrogens with one attached hydrogen (secondary N) is 1. The van der Waals surface area contributed by atoms with Crippen molar-refractivity contribution in [1.29, 1.82) is 0 Å². The zero-order valence-electron chi connectivity index (χ0n) is 16.9. The molecule has 2 aromatic carbocycles. The van der Waals surface area contributed by atoms with Crippen molar-refractivity contribution < 1.29 is 4.79 Å². The second kappa shape index (κ2) is 9.22. The van der Waals surface area contributed by atoms with Crippen LogP contribution in [-0.4, -0.2) is 28.5 Å². The summed E-state index contributed by atoms with van der Waals surface area (Å²) < 4.78 is 2.11. The summed E-state index contributed by atoms with van der Waals surface area (Å²) in [6, 6.07) is 16.1. The maximum Gasteiger partial charge on any atom is 0.251 e. The molecule has 0 aliphatic heterocycles. The lowest BCUT2D eigenvalue weighted by Gasteiger charge is -2.21. The molecule has 1 aromatic heterocycles. The lowest BCUT2D eigenvalue weighted by atomic mass is 10.1. The van der Waals surface area contributed by atoms with Gasteiger partial charge in [0.05, 0.1) is 0 Å². The Kier molecular flexibility index (Phi) is 6.48. The molecule has 28 heavy (non-hydrogen) atoms. The molecule has 0 bridgehead atoms. The minimum absolute atomic E-state index is 0.0537. The summed E-state index contributed by atoms with van der Waals surface area (Å²) in [6.07, 6.45) is 3.79. The minimum atomic E-state index is -0.0537. The number of carbonyl (C=O) groups is 1. The Morgan fingerprint density at radius 2 is 1.79 bits per heavy atom. The van der Waals surface area contributed by atoms with Crippen LogP contribution >= 0.6 is 0 Å².